The standard InChI is InChI=1S/C23H27F2N5O2.ClH/c1-15-12-18(32-2)7-6-16(15)4-3-5-21(31)29-10-8-17(9-11-29)19-13-20(22(24)25)30-23(28-19)26-14-27-30;/h6-7,12-14,17,22H,3-5,8-11H2,1-2H3;1H. The van der Waals surface area contributed by atoms with Gasteiger partial charge < -0.3 is 9.64 Å². The van der Waals surface area contributed by atoms with Gasteiger partial charge in [-0.25, -0.2) is 13.8 Å². The van der Waals surface area contributed by atoms with E-state index in [1.54, 1.807) is 7.11 Å². The number of hydrogen-bond donors (Lipinski definition) is 0. The highest BCUT2D eigenvalue weighted by Crippen LogP contribution is 2.30. The van der Waals surface area contributed by atoms with Gasteiger partial charge >= 0.3 is 0 Å². The number of fused-ring (bicyclic) bond motifs is 1. The van der Waals surface area contributed by atoms with Crippen LogP contribution in [-0.2, 0) is 11.2 Å². The molecule has 1 saturated heterocycles. The molecule has 0 radical (unpaired) electrons. The Morgan fingerprint density at radius 3 is 2.67 bits per heavy atom. The Balaban J connectivity index is 0.00000306. The molecule has 0 saturated carbocycles. The molecule has 1 aliphatic heterocycles. The van der Waals surface area contributed by atoms with Gasteiger partial charge in [0.25, 0.3) is 12.2 Å². The molecule has 10 heteroatoms. The van der Waals surface area contributed by atoms with Crippen LogP contribution in [0, 0.1) is 6.92 Å². The van der Waals surface area contributed by atoms with Gasteiger partial charge in [0.05, 0.1) is 7.11 Å². The number of aromatic nitrogens is 4. The number of rotatable bonds is 7. The lowest BCUT2D eigenvalue weighted by atomic mass is 9.92. The Kier molecular flexibility index (Phi) is 8.18. The van der Waals surface area contributed by atoms with E-state index in [2.05, 4.69) is 28.1 Å². The van der Waals surface area contributed by atoms with E-state index in [0.717, 1.165) is 28.7 Å². The highest BCUT2D eigenvalue weighted by molar-refractivity contribution is 5.85. The van der Waals surface area contributed by atoms with Crippen molar-refractivity contribution in [3.63, 3.8) is 0 Å². The summed E-state index contributed by atoms with van der Waals surface area (Å²) in [6.07, 6.45) is 2.09. The summed E-state index contributed by atoms with van der Waals surface area (Å²) in [6, 6.07) is 7.42. The number of benzene rings is 1. The molecule has 1 aromatic carbocycles. The molecule has 4 rings (SSSR count). The molecule has 2 aromatic heterocycles. The Morgan fingerprint density at radius 2 is 2.00 bits per heavy atom. The zero-order valence-electron chi connectivity index (χ0n) is 18.7. The van der Waals surface area contributed by atoms with Crippen LogP contribution in [-0.4, -0.2) is 50.6 Å². The number of piperidine rings is 1. The van der Waals surface area contributed by atoms with Crippen molar-refractivity contribution in [2.45, 2.75) is 51.4 Å². The summed E-state index contributed by atoms with van der Waals surface area (Å²) in [5, 5.41) is 3.83. The van der Waals surface area contributed by atoms with Crippen molar-refractivity contribution < 1.29 is 18.3 Å². The number of amides is 1. The molecular formula is C23H28ClF2N5O2. The van der Waals surface area contributed by atoms with E-state index < -0.39 is 6.43 Å². The maximum Gasteiger partial charge on any atom is 0.280 e. The van der Waals surface area contributed by atoms with E-state index in [9.17, 15) is 13.6 Å². The molecule has 178 valence electrons. The molecule has 0 atom stereocenters. The fourth-order valence-electron chi connectivity index (χ4n) is 4.31. The first-order chi connectivity index (χ1) is 15.5. The van der Waals surface area contributed by atoms with Crippen LogP contribution < -0.4 is 4.74 Å². The summed E-state index contributed by atoms with van der Waals surface area (Å²) >= 11 is 0. The maximum absolute atomic E-state index is 13.4. The minimum atomic E-state index is -2.66. The summed E-state index contributed by atoms with van der Waals surface area (Å²) < 4.78 is 33.2. The summed E-state index contributed by atoms with van der Waals surface area (Å²) in [5.41, 5.74) is 2.79. The fourth-order valence-corrected chi connectivity index (χ4v) is 4.31. The first-order valence-electron chi connectivity index (χ1n) is 10.9. The third kappa shape index (κ3) is 5.58. The summed E-state index contributed by atoms with van der Waals surface area (Å²) in [6.45, 7) is 3.26. The molecule has 7 nitrogen and oxygen atoms in total. The van der Waals surface area contributed by atoms with Gasteiger partial charge in [0.1, 0.15) is 17.8 Å². The number of aryl methyl sites for hydroxylation is 2. The van der Waals surface area contributed by atoms with Crippen molar-refractivity contribution in [3.05, 3.63) is 53.1 Å². The smallest absolute Gasteiger partial charge is 0.280 e. The normalized spacial score (nSPS) is 14.5. The molecule has 1 amide bonds. The molecular weight excluding hydrogens is 452 g/mol. The van der Waals surface area contributed by atoms with Crippen molar-refractivity contribution in [1.29, 1.82) is 0 Å². The number of alkyl halides is 2. The second-order valence-corrected chi connectivity index (χ2v) is 8.18. The van der Waals surface area contributed by atoms with Crippen LogP contribution in [0.15, 0.2) is 30.6 Å². The minimum Gasteiger partial charge on any atom is -0.497 e. The van der Waals surface area contributed by atoms with Crippen LogP contribution >= 0.6 is 12.4 Å². The van der Waals surface area contributed by atoms with Crippen LogP contribution in [0.4, 0.5) is 8.78 Å². The lowest BCUT2D eigenvalue weighted by Crippen LogP contribution is -2.38. The molecule has 0 N–H and O–H groups in total. The highest BCUT2D eigenvalue weighted by Gasteiger charge is 2.26. The second kappa shape index (κ2) is 10.9. The van der Waals surface area contributed by atoms with E-state index in [1.807, 2.05) is 17.0 Å². The lowest BCUT2D eigenvalue weighted by Gasteiger charge is -2.32. The van der Waals surface area contributed by atoms with Gasteiger partial charge in [-0.1, -0.05) is 6.07 Å². The maximum atomic E-state index is 13.4. The van der Waals surface area contributed by atoms with Crippen molar-refractivity contribution in [3.8, 4) is 5.75 Å². The Bertz CT molecular complexity index is 1100. The Morgan fingerprint density at radius 1 is 1.24 bits per heavy atom. The van der Waals surface area contributed by atoms with Gasteiger partial charge in [-0.2, -0.15) is 14.6 Å². The SMILES string of the molecule is COc1ccc(CCCC(=O)N2CCC(c3cc(C(F)F)n4ncnc4n3)CC2)c(C)c1.Cl. The molecule has 33 heavy (non-hydrogen) atoms. The van der Waals surface area contributed by atoms with Crippen molar-refractivity contribution in [2.24, 2.45) is 0 Å². The topological polar surface area (TPSA) is 72.6 Å². The van der Waals surface area contributed by atoms with Crippen LogP contribution in [0.5, 0.6) is 5.75 Å². The Hall–Kier alpha value is -2.81. The van der Waals surface area contributed by atoms with Crippen LogP contribution in [0.2, 0.25) is 0 Å². The molecule has 0 unspecified atom stereocenters. The number of likely N-dealkylation sites (tertiary alicyclic amines) is 1. The average molecular weight is 480 g/mol. The molecule has 3 heterocycles. The third-order valence-corrected chi connectivity index (χ3v) is 6.18. The summed E-state index contributed by atoms with van der Waals surface area (Å²) in [5.74, 6) is 1.19. The Labute approximate surface area is 197 Å². The molecule has 0 aliphatic carbocycles. The average Bonchev–Trinajstić information content (AvgIpc) is 3.28. The van der Waals surface area contributed by atoms with Gasteiger partial charge in [-0.05, 0) is 61.9 Å². The second-order valence-electron chi connectivity index (χ2n) is 8.18. The van der Waals surface area contributed by atoms with Crippen molar-refractivity contribution in [2.75, 3.05) is 20.2 Å². The largest absolute Gasteiger partial charge is 0.497 e. The zero-order valence-corrected chi connectivity index (χ0v) is 19.5. The van der Waals surface area contributed by atoms with Crippen LogP contribution in [0.1, 0.15) is 60.5 Å². The van der Waals surface area contributed by atoms with E-state index in [4.69, 9.17) is 4.74 Å². The first kappa shape index (κ1) is 24.8. The molecule has 0 bridgehead atoms. The monoisotopic (exact) mass is 479 g/mol. The van der Waals surface area contributed by atoms with Crippen molar-refractivity contribution >= 4 is 24.1 Å². The van der Waals surface area contributed by atoms with Gasteiger partial charge in [-0.3, -0.25) is 4.79 Å². The zero-order chi connectivity index (χ0) is 22.7. The summed E-state index contributed by atoms with van der Waals surface area (Å²) in [4.78, 5) is 22.9. The molecule has 1 aliphatic rings. The molecule has 1 fully saturated rings. The van der Waals surface area contributed by atoms with Gasteiger partial charge in [0, 0.05) is 31.1 Å². The van der Waals surface area contributed by atoms with Gasteiger partial charge in [-0.15, -0.1) is 12.4 Å². The minimum absolute atomic E-state index is 0. The van der Waals surface area contributed by atoms with E-state index in [1.165, 1.54) is 18.0 Å². The van der Waals surface area contributed by atoms with E-state index in [0.29, 0.717) is 38.0 Å². The number of carbonyl (C=O) groups is 1. The van der Waals surface area contributed by atoms with E-state index in [-0.39, 0.29) is 35.7 Å². The number of methoxy groups -OCH3 is 1. The number of hydrogen-bond acceptors (Lipinski definition) is 5. The predicted molar refractivity (Wildman–Crippen MR) is 122 cm³/mol. The quantitative estimate of drug-likeness (QED) is 0.498. The van der Waals surface area contributed by atoms with Crippen LogP contribution in [0.3, 0.4) is 0 Å². The predicted octanol–water partition coefficient (Wildman–Crippen LogP) is 4.53. The first-order valence-corrected chi connectivity index (χ1v) is 10.9. The highest BCUT2D eigenvalue weighted by atomic mass is 35.5. The number of halogens is 3. The fraction of sp³-hybridized carbons (Fsp3) is 0.478. The lowest BCUT2D eigenvalue weighted by molar-refractivity contribution is -0.132. The number of nitrogens with zero attached hydrogens (tertiary/aromatic N) is 5. The summed E-state index contributed by atoms with van der Waals surface area (Å²) in [7, 11) is 1.65. The molecule has 3 aromatic rings. The van der Waals surface area contributed by atoms with Gasteiger partial charge in [0.15, 0.2) is 0 Å². The van der Waals surface area contributed by atoms with E-state index >= 15 is 0 Å². The number of ether oxygens (including phenoxy) is 1. The van der Waals surface area contributed by atoms with Gasteiger partial charge in [0.2, 0.25) is 5.91 Å². The molecule has 0 spiro atoms. The van der Waals surface area contributed by atoms with Crippen LogP contribution in [0.25, 0.3) is 5.78 Å². The van der Waals surface area contributed by atoms with Crippen molar-refractivity contribution in [1.82, 2.24) is 24.5 Å². The third-order valence-electron chi connectivity index (χ3n) is 6.18. The number of carbonyl (C=O) groups excluding carboxylic acids is 1.